The number of likely N-dealkylation sites (tertiary alicyclic amines) is 1. The molecular weight excluding hydrogens is 166 g/mol. The number of aliphatic carboxylic acids is 1. The highest BCUT2D eigenvalue weighted by Gasteiger charge is 2.44. The zero-order valence-electron chi connectivity index (χ0n) is 8.07. The highest BCUT2D eigenvalue weighted by atomic mass is 16.4. The average Bonchev–Trinajstić information content (AvgIpc) is 2.39. The molecule has 1 aliphatic heterocycles. The van der Waals surface area contributed by atoms with Crippen molar-refractivity contribution in [3.63, 3.8) is 0 Å². The van der Waals surface area contributed by atoms with Crippen LogP contribution in [0.25, 0.3) is 0 Å². The van der Waals surface area contributed by atoms with Gasteiger partial charge in [-0.2, -0.15) is 0 Å². The molecule has 1 N–H and O–H groups in total. The van der Waals surface area contributed by atoms with Crippen LogP contribution in [0.2, 0.25) is 0 Å². The maximum Gasteiger partial charge on any atom is 0.321 e. The van der Waals surface area contributed by atoms with E-state index in [1.807, 2.05) is 11.9 Å². The summed E-state index contributed by atoms with van der Waals surface area (Å²) in [6, 6.07) is -0.203. The molecule has 0 amide bonds. The summed E-state index contributed by atoms with van der Waals surface area (Å²) in [6.45, 7) is 0.988. The summed E-state index contributed by atoms with van der Waals surface area (Å²) in [5.41, 5.74) is 0. The molecule has 1 saturated heterocycles. The summed E-state index contributed by atoms with van der Waals surface area (Å²) < 4.78 is 0. The SMILES string of the molecule is CN1C[C@H]2CCCC[C@H]2[C@@H]1C(=O)O. The van der Waals surface area contributed by atoms with E-state index in [9.17, 15) is 4.79 Å². The smallest absolute Gasteiger partial charge is 0.321 e. The van der Waals surface area contributed by atoms with Gasteiger partial charge in [-0.15, -0.1) is 0 Å². The molecule has 74 valence electrons. The second-order valence-electron chi connectivity index (χ2n) is 4.43. The summed E-state index contributed by atoms with van der Waals surface area (Å²) in [6.07, 6.45) is 4.87. The van der Waals surface area contributed by atoms with Crippen LogP contribution in [0, 0.1) is 11.8 Å². The van der Waals surface area contributed by atoms with Gasteiger partial charge in [0.1, 0.15) is 6.04 Å². The van der Waals surface area contributed by atoms with Crippen LogP contribution in [0.4, 0.5) is 0 Å². The second-order valence-corrected chi connectivity index (χ2v) is 4.43. The molecule has 2 aliphatic rings. The largest absolute Gasteiger partial charge is 0.480 e. The van der Waals surface area contributed by atoms with Crippen molar-refractivity contribution in [3.8, 4) is 0 Å². The van der Waals surface area contributed by atoms with Crippen LogP contribution in [-0.2, 0) is 4.79 Å². The third kappa shape index (κ3) is 1.46. The van der Waals surface area contributed by atoms with Crippen molar-refractivity contribution >= 4 is 5.97 Å². The van der Waals surface area contributed by atoms with Crippen LogP contribution in [0.5, 0.6) is 0 Å². The standard InChI is InChI=1S/C10H17NO2/c1-11-6-7-4-2-3-5-8(7)9(11)10(12)13/h7-9H,2-6H2,1H3,(H,12,13)/t7-,8-,9-/m1/s1. The Labute approximate surface area is 78.7 Å². The number of likely N-dealkylation sites (N-methyl/N-ethyl adjacent to an activating group) is 1. The fraction of sp³-hybridized carbons (Fsp3) is 0.900. The molecule has 0 aromatic heterocycles. The van der Waals surface area contributed by atoms with E-state index in [-0.39, 0.29) is 6.04 Å². The summed E-state index contributed by atoms with van der Waals surface area (Å²) in [4.78, 5) is 13.0. The normalized spacial score (nSPS) is 40.2. The molecule has 1 aliphatic carbocycles. The quantitative estimate of drug-likeness (QED) is 0.664. The van der Waals surface area contributed by atoms with Crippen LogP contribution in [0.3, 0.4) is 0 Å². The van der Waals surface area contributed by atoms with Crippen LogP contribution < -0.4 is 0 Å². The molecule has 0 unspecified atom stereocenters. The van der Waals surface area contributed by atoms with E-state index in [0.717, 1.165) is 13.0 Å². The Morgan fingerprint density at radius 3 is 2.77 bits per heavy atom. The minimum absolute atomic E-state index is 0.203. The first kappa shape index (κ1) is 9.00. The first-order valence-corrected chi connectivity index (χ1v) is 5.13. The molecule has 1 heterocycles. The number of carbonyl (C=O) groups is 1. The molecule has 1 saturated carbocycles. The van der Waals surface area contributed by atoms with Crippen molar-refractivity contribution in [2.24, 2.45) is 11.8 Å². The monoisotopic (exact) mass is 183 g/mol. The first-order chi connectivity index (χ1) is 6.20. The molecule has 0 radical (unpaired) electrons. The first-order valence-electron chi connectivity index (χ1n) is 5.13. The molecule has 2 fully saturated rings. The van der Waals surface area contributed by atoms with Gasteiger partial charge in [-0.25, -0.2) is 0 Å². The molecule has 3 nitrogen and oxygen atoms in total. The molecule has 0 aromatic carbocycles. The Morgan fingerprint density at radius 1 is 1.38 bits per heavy atom. The lowest BCUT2D eigenvalue weighted by molar-refractivity contribution is -0.143. The average molecular weight is 183 g/mol. The molecule has 0 bridgehead atoms. The summed E-state index contributed by atoms with van der Waals surface area (Å²) >= 11 is 0. The van der Waals surface area contributed by atoms with Gasteiger partial charge in [0.05, 0.1) is 0 Å². The van der Waals surface area contributed by atoms with Crippen molar-refractivity contribution in [3.05, 3.63) is 0 Å². The third-order valence-electron chi connectivity index (χ3n) is 3.62. The Balaban J connectivity index is 2.13. The topological polar surface area (TPSA) is 40.5 Å². The lowest BCUT2D eigenvalue weighted by Crippen LogP contribution is -2.37. The van der Waals surface area contributed by atoms with Crippen molar-refractivity contribution in [1.82, 2.24) is 4.90 Å². The summed E-state index contributed by atoms with van der Waals surface area (Å²) in [5, 5.41) is 9.08. The van der Waals surface area contributed by atoms with Crippen LogP contribution in [0.15, 0.2) is 0 Å². The Bertz CT molecular complexity index is 217. The van der Waals surface area contributed by atoms with Gasteiger partial charge in [0.2, 0.25) is 0 Å². The number of rotatable bonds is 1. The number of carboxylic acids is 1. The van der Waals surface area contributed by atoms with Gasteiger partial charge in [0.15, 0.2) is 0 Å². The van der Waals surface area contributed by atoms with E-state index in [4.69, 9.17) is 5.11 Å². The van der Waals surface area contributed by atoms with E-state index >= 15 is 0 Å². The number of nitrogens with zero attached hydrogens (tertiary/aromatic N) is 1. The van der Waals surface area contributed by atoms with Gasteiger partial charge in [-0.3, -0.25) is 9.69 Å². The molecule has 3 heteroatoms. The highest BCUT2D eigenvalue weighted by Crippen LogP contribution is 2.39. The lowest BCUT2D eigenvalue weighted by atomic mass is 9.78. The maximum atomic E-state index is 11.0. The zero-order valence-corrected chi connectivity index (χ0v) is 8.07. The fourth-order valence-electron chi connectivity index (χ4n) is 3.06. The highest BCUT2D eigenvalue weighted by molar-refractivity contribution is 5.74. The summed E-state index contributed by atoms with van der Waals surface area (Å²) in [7, 11) is 1.94. The molecule has 13 heavy (non-hydrogen) atoms. The molecule has 0 aromatic rings. The van der Waals surface area contributed by atoms with Gasteiger partial charge in [0, 0.05) is 6.54 Å². The maximum absolute atomic E-state index is 11.0. The summed E-state index contributed by atoms with van der Waals surface area (Å²) in [5.74, 6) is 0.452. The number of fused-ring (bicyclic) bond motifs is 1. The van der Waals surface area contributed by atoms with Gasteiger partial charge in [0.25, 0.3) is 0 Å². The molecule has 2 rings (SSSR count). The predicted molar refractivity (Wildman–Crippen MR) is 49.5 cm³/mol. The van der Waals surface area contributed by atoms with E-state index in [1.54, 1.807) is 0 Å². The molecule has 0 spiro atoms. The number of hydrogen-bond acceptors (Lipinski definition) is 2. The van der Waals surface area contributed by atoms with Crippen molar-refractivity contribution in [1.29, 1.82) is 0 Å². The van der Waals surface area contributed by atoms with Crippen LogP contribution in [-0.4, -0.2) is 35.6 Å². The lowest BCUT2D eigenvalue weighted by Gasteiger charge is -2.26. The zero-order chi connectivity index (χ0) is 9.42. The van der Waals surface area contributed by atoms with E-state index < -0.39 is 5.97 Å². The Kier molecular flexibility index (Phi) is 2.28. The third-order valence-corrected chi connectivity index (χ3v) is 3.62. The Hall–Kier alpha value is -0.570. The van der Waals surface area contributed by atoms with E-state index in [2.05, 4.69) is 0 Å². The fourth-order valence-corrected chi connectivity index (χ4v) is 3.06. The van der Waals surface area contributed by atoms with Crippen molar-refractivity contribution < 1.29 is 9.90 Å². The van der Waals surface area contributed by atoms with Gasteiger partial charge in [-0.05, 0) is 31.7 Å². The van der Waals surface area contributed by atoms with Crippen molar-refractivity contribution in [2.75, 3.05) is 13.6 Å². The van der Waals surface area contributed by atoms with E-state index in [0.29, 0.717) is 11.8 Å². The predicted octanol–water partition coefficient (Wildman–Crippen LogP) is 1.19. The second kappa shape index (κ2) is 3.29. The van der Waals surface area contributed by atoms with Gasteiger partial charge in [-0.1, -0.05) is 12.8 Å². The van der Waals surface area contributed by atoms with Crippen molar-refractivity contribution in [2.45, 2.75) is 31.7 Å². The van der Waals surface area contributed by atoms with E-state index in [1.165, 1.54) is 19.3 Å². The van der Waals surface area contributed by atoms with Crippen LogP contribution >= 0.6 is 0 Å². The van der Waals surface area contributed by atoms with Crippen LogP contribution in [0.1, 0.15) is 25.7 Å². The molecule has 3 atom stereocenters. The minimum atomic E-state index is -0.628. The number of carboxylic acid groups (broad SMARTS) is 1. The Morgan fingerprint density at radius 2 is 2.08 bits per heavy atom. The minimum Gasteiger partial charge on any atom is -0.480 e. The number of hydrogen-bond donors (Lipinski definition) is 1. The van der Waals surface area contributed by atoms with Gasteiger partial charge >= 0.3 is 5.97 Å². The molecular formula is C10H17NO2. The van der Waals surface area contributed by atoms with Gasteiger partial charge < -0.3 is 5.11 Å².